The molecule has 0 aromatic heterocycles. The first-order chi connectivity index (χ1) is 5.88. The number of nitrogens with two attached hydrogens (primary N) is 1. The second-order valence-electron chi connectivity index (χ2n) is 2.49. The normalized spacial score (nSPS) is 11.3. The van der Waals surface area contributed by atoms with Gasteiger partial charge in [0.25, 0.3) is 0 Å². The Morgan fingerprint density at radius 1 is 1.46 bits per heavy atom. The molecule has 72 valence electrons. The number of benzene rings is 1. The van der Waals surface area contributed by atoms with Crippen molar-refractivity contribution in [3.05, 3.63) is 27.3 Å². The highest BCUT2D eigenvalue weighted by Gasteiger charge is 2.07. The lowest BCUT2D eigenvalue weighted by Crippen LogP contribution is -2.19. The van der Waals surface area contributed by atoms with E-state index in [0.29, 0.717) is 0 Å². The fourth-order valence-electron chi connectivity index (χ4n) is 0.789. The first-order valence-electron chi connectivity index (χ1n) is 3.37. The lowest BCUT2D eigenvalue weighted by atomic mass is 10.2. The maximum Gasteiger partial charge on any atom is 0.380 e. The summed E-state index contributed by atoms with van der Waals surface area (Å²) in [6.07, 6.45) is 0. The molecule has 0 bridgehead atoms. The minimum absolute atomic E-state index is 0.273. The standard InChI is InChI=1S/C7H8INO3S/c1-5-2-3-6(8)4-7(5)12-13(9,10)11/h2-4H,1H3,(H2,9,10,11). The predicted octanol–water partition coefficient (Wildman–Crippen LogP) is 1.18. The molecule has 0 aliphatic heterocycles. The van der Waals surface area contributed by atoms with Crippen LogP contribution in [0.3, 0.4) is 0 Å². The van der Waals surface area contributed by atoms with Crippen LogP contribution in [0.4, 0.5) is 0 Å². The smallest absolute Gasteiger partial charge is 0.371 e. The lowest BCUT2D eigenvalue weighted by Gasteiger charge is -2.05. The maximum absolute atomic E-state index is 10.6. The van der Waals surface area contributed by atoms with E-state index in [2.05, 4.69) is 26.8 Å². The number of hydrogen-bond acceptors (Lipinski definition) is 3. The van der Waals surface area contributed by atoms with Crippen LogP contribution in [0, 0.1) is 10.5 Å². The minimum Gasteiger partial charge on any atom is -0.371 e. The Labute approximate surface area is 90.5 Å². The molecule has 1 aromatic carbocycles. The molecule has 0 spiro atoms. The third-order valence-corrected chi connectivity index (χ3v) is 2.44. The zero-order chi connectivity index (χ0) is 10.1. The van der Waals surface area contributed by atoms with Crippen LogP contribution in [0.2, 0.25) is 0 Å². The highest BCUT2D eigenvalue weighted by Crippen LogP contribution is 2.21. The van der Waals surface area contributed by atoms with E-state index < -0.39 is 10.3 Å². The Morgan fingerprint density at radius 3 is 2.62 bits per heavy atom. The number of halogens is 1. The van der Waals surface area contributed by atoms with E-state index in [4.69, 9.17) is 5.14 Å². The molecular formula is C7H8INO3S. The molecule has 0 aliphatic rings. The first kappa shape index (κ1) is 10.7. The van der Waals surface area contributed by atoms with E-state index in [9.17, 15) is 8.42 Å². The van der Waals surface area contributed by atoms with Gasteiger partial charge in [-0.1, -0.05) is 6.07 Å². The fourth-order valence-corrected chi connectivity index (χ4v) is 1.68. The monoisotopic (exact) mass is 313 g/mol. The quantitative estimate of drug-likeness (QED) is 0.834. The Balaban J connectivity index is 3.08. The van der Waals surface area contributed by atoms with Gasteiger partial charge in [0.2, 0.25) is 0 Å². The van der Waals surface area contributed by atoms with E-state index in [1.54, 1.807) is 19.1 Å². The Hall–Kier alpha value is -0.340. The second kappa shape index (κ2) is 3.81. The fraction of sp³-hybridized carbons (Fsp3) is 0.143. The minimum atomic E-state index is -3.92. The summed E-state index contributed by atoms with van der Waals surface area (Å²) in [5, 5.41) is 4.73. The predicted molar refractivity (Wildman–Crippen MR) is 57.6 cm³/mol. The lowest BCUT2D eigenvalue weighted by molar-refractivity contribution is 0.485. The molecule has 0 heterocycles. The van der Waals surface area contributed by atoms with Crippen molar-refractivity contribution in [3.63, 3.8) is 0 Å². The van der Waals surface area contributed by atoms with E-state index in [0.717, 1.165) is 9.13 Å². The molecule has 2 N–H and O–H groups in total. The molecule has 0 fully saturated rings. The maximum atomic E-state index is 10.6. The average Bonchev–Trinajstić information content (AvgIpc) is 1.94. The van der Waals surface area contributed by atoms with Gasteiger partial charge in [-0.2, -0.15) is 13.6 Å². The molecule has 0 amide bonds. The molecule has 0 unspecified atom stereocenters. The summed E-state index contributed by atoms with van der Waals surface area (Å²) < 4.78 is 26.7. The van der Waals surface area contributed by atoms with Gasteiger partial charge in [-0.3, -0.25) is 0 Å². The van der Waals surface area contributed by atoms with Crippen LogP contribution in [0.1, 0.15) is 5.56 Å². The van der Waals surface area contributed by atoms with Gasteiger partial charge in [0.05, 0.1) is 0 Å². The molecule has 0 radical (unpaired) electrons. The van der Waals surface area contributed by atoms with Crippen LogP contribution in [0.25, 0.3) is 0 Å². The van der Waals surface area contributed by atoms with Crippen LogP contribution in [-0.2, 0) is 10.3 Å². The van der Waals surface area contributed by atoms with Gasteiger partial charge in [-0.15, -0.1) is 0 Å². The van der Waals surface area contributed by atoms with Gasteiger partial charge in [0, 0.05) is 3.57 Å². The Bertz CT molecular complexity index is 416. The number of hydrogen-bond donors (Lipinski definition) is 1. The molecule has 0 atom stereocenters. The molecule has 0 aliphatic carbocycles. The summed E-state index contributed by atoms with van der Waals surface area (Å²) in [5.74, 6) is 0.273. The van der Waals surface area contributed by atoms with Crippen molar-refractivity contribution in [1.82, 2.24) is 0 Å². The van der Waals surface area contributed by atoms with Crippen molar-refractivity contribution < 1.29 is 12.6 Å². The van der Waals surface area contributed by atoms with E-state index in [-0.39, 0.29) is 5.75 Å². The molecule has 6 heteroatoms. The third kappa shape index (κ3) is 3.49. The molecule has 0 saturated carbocycles. The highest BCUT2D eigenvalue weighted by atomic mass is 127. The summed E-state index contributed by atoms with van der Waals surface area (Å²) in [4.78, 5) is 0. The van der Waals surface area contributed by atoms with Crippen LogP contribution in [-0.4, -0.2) is 8.42 Å². The van der Waals surface area contributed by atoms with Crippen LogP contribution < -0.4 is 9.32 Å². The topological polar surface area (TPSA) is 69.4 Å². The number of rotatable bonds is 2. The van der Waals surface area contributed by atoms with Gasteiger partial charge in [-0.05, 0) is 47.2 Å². The molecule has 13 heavy (non-hydrogen) atoms. The van der Waals surface area contributed by atoms with Crippen molar-refractivity contribution in [3.8, 4) is 5.75 Å². The summed E-state index contributed by atoms with van der Waals surface area (Å²) in [6.45, 7) is 1.75. The van der Waals surface area contributed by atoms with E-state index >= 15 is 0 Å². The van der Waals surface area contributed by atoms with Crippen LogP contribution in [0.15, 0.2) is 18.2 Å². The first-order valence-corrected chi connectivity index (χ1v) is 5.92. The van der Waals surface area contributed by atoms with Crippen molar-refractivity contribution >= 4 is 32.9 Å². The molecular weight excluding hydrogens is 305 g/mol. The van der Waals surface area contributed by atoms with Crippen molar-refractivity contribution in [2.45, 2.75) is 6.92 Å². The largest absolute Gasteiger partial charge is 0.380 e. The van der Waals surface area contributed by atoms with Gasteiger partial charge in [0.1, 0.15) is 5.75 Å². The third-order valence-electron chi connectivity index (χ3n) is 1.36. The zero-order valence-corrected chi connectivity index (χ0v) is 9.79. The van der Waals surface area contributed by atoms with Crippen LogP contribution in [0.5, 0.6) is 5.75 Å². The summed E-state index contributed by atoms with van der Waals surface area (Å²) in [7, 11) is -3.92. The van der Waals surface area contributed by atoms with E-state index in [1.807, 2.05) is 6.07 Å². The summed E-state index contributed by atoms with van der Waals surface area (Å²) in [5.41, 5.74) is 0.731. The van der Waals surface area contributed by atoms with Gasteiger partial charge in [0.15, 0.2) is 0 Å². The van der Waals surface area contributed by atoms with Crippen molar-refractivity contribution in [2.24, 2.45) is 5.14 Å². The summed E-state index contributed by atoms with van der Waals surface area (Å²) >= 11 is 2.06. The van der Waals surface area contributed by atoms with Gasteiger partial charge >= 0.3 is 10.3 Å². The van der Waals surface area contributed by atoms with Gasteiger partial charge < -0.3 is 4.18 Å². The molecule has 0 saturated heterocycles. The zero-order valence-electron chi connectivity index (χ0n) is 6.82. The highest BCUT2D eigenvalue weighted by molar-refractivity contribution is 14.1. The van der Waals surface area contributed by atoms with Crippen molar-refractivity contribution in [2.75, 3.05) is 0 Å². The Morgan fingerprint density at radius 2 is 2.08 bits per heavy atom. The SMILES string of the molecule is Cc1ccc(I)cc1OS(N)(=O)=O. The molecule has 1 aromatic rings. The molecule has 1 rings (SSSR count). The summed E-state index contributed by atoms with van der Waals surface area (Å²) in [6, 6.07) is 5.23. The molecule has 4 nitrogen and oxygen atoms in total. The van der Waals surface area contributed by atoms with E-state index in [1.165, 1.54) is 0 Å². The number of aryl methyl sites for hydroxylation is 1. The average molecular weight is 313 g/mol. The van der Waals surface area contributed by atoms with Gasteiger partial charge in [-0.25, -0.2) is 0 Å². The van der Waals surface area contributed by atoms with Crippen LogP contribution >= 0.6 is 22.6 Å². The second-order valence-corrected chi connectivity index (χ2v) is 4.88. The van der Waals surface area contributed by atoms with Crippen molar-refractivity contribution in [1.29, 1.82) is 0 Å². The Kier molecular flexibility index (Phi) is 3.14.